The number of halogens is 3. The molecule has 1 aliphatic rings. The predicted octanol–water partition coefficient (Wildman–Crippen LogP) is 4.24. The summed E-state index contributed by atoms with van der Waals surface area (Å²) in [6.45, 7) is 4.10. The van der Waals surface area contributed by atoms with Crippen molar-refractivity contribution in [3.63, 3.8) is 0 Å². The van der Waals surface area contributed by atoms with Gasteiger partial charge in [-0.1, -0.05) is 29.8 Å². The molecule has 8 nitrogen and oxygen atoms in total. The molecule has 2 heterocycles. The Bertz CT molecular complexity index is 1250. The summed E-state index contributed by atoms with van der Waals surface area (Å²) >= 11 is 13.0. The number of methoxy groups -OCH3 is 2. The molecule has 1 fully saturated rings. The molecule has 1 amide bonds. The third kappa shape index (κ3) is 4.59. The molecule has 0 spiro atoms. The van der Waals surface area contributed by atoms with Crippen LogP contribution in [-0.2, 0) is 9.53 Å². The Balaban J connectivity index is 1.69. The number of amides is 1. The fourth-order valence-electron chi connectivity index (χ4n) is 3.70. The van der Waals surface area contributed by atoms with Crippen molar-refractivity contribution in [3.8, 4) is 22.6 Å². The molecular formula is C23H21Cl2FN4O4. The van der Waals surface area contributed by atoms with Crippen molar-refractivity contribution in [1.82, 2.24) is 15.3 Å². The first-order valence-corrected chi connectivity index (χ1v) is 11.0. The van der Waals surface area contributed by atoms with E-state index >= 15 is 4.39 Å². The molecule has 2 unspecified atom stereocenters. The fourth-order valence-corrected chi connectivity index (χ4v) is 4.42. The van der Waals surface area contributed by atoms with Gasteiger partial charge in [-0.05, 0) is 23.8 Å². The van der Waals surface area contributed by atoms with Crippen molar-refractivity contribution < 1.29 is 23.4 Å². The molecule has 1 saturated heterocycles. The fraction of sp³-hybridized carbons (Fsp3) is 0.261. The van der Waals surface area contributed by atoms with Gasteiger partial charge < -0.3 is 24.8 Å². The molecule has 178 valence electrons. The quantitative estimate of drug-likeness (QED) is 0.462. The first-order valence-electron chi connectivity index (χ1n) is 10.2. The van der Waals surface area contributed by atoms with Crippen LogP contribution in [0.2, 0.25) is 10.0 Å². The molecule has 0 bridgehead atoms. The Morgan fingerprint density at radius 3 is 2.50 bits per heavy atom. The first-order chi connectivity index (χ1) is 16.4. The second-order valence-corrected chi connectivity index (χ2v) is 8.24. The average Bonchev–Trinajstić information content (AvgIpc) is 3.26. The molecular weight excluding hydrogens is 486 g/mol. The summed E-state index contributed by atoms with van der Waals surface area (Å²) < 4.78 is 31.2. The van der Waals surface area contributed by atoms with Crippen molar-refractivity contribution in [2.75, 3.05) is 32.8 Å². The largest absolute Gasteiger partial charge is 0.495 e. The van der Waals surface area contributed by atoms with Crippen molar-refractivity contribution in [2.45, 2.75) is 12.1 Å². The number of rotatable bonds is 7. The van der Waals surface area contributed by atoms with Crippen LogP contribution in [0.15, 0.2) is 37.1 Å². The number of ether oxygens (including phenoxy) is 3. The van der Waals surface area contributed by atoms with Crippen LogP contribution in [0.3, 0.4) is 0 Å². The maximum atomic E-state index is 15.2. The Morgan fingerprint density at radius 2 is 1.85 bits per heavy atom. The predicted molar refractivity (Wildman–Crippen MR) is 128 cm³/mol. The summed E-state index contributed by atoms with van der Waals surface area (Å²) in [7, 11) is 2.93. The molecule has 0 radical (unpaired) electrons. The number of anilines is 1. The highest BCUT2D eigenvalue weighted by atomic mass is 35.5. The Labute approximate surface area is 205 Å². The molecule has 1 aromatic heterocycles. The highest BCUT2D eigenvalue weighted by Crippen LogP contribution is 2.46. The van der Waals surface area contributed by atoms with E-state index in [9.17, 15) is 4.79 Å². The Kier molecular flexibility index (Phi) is 7.06. The van der Waals surface area contributed by atoms with Crippen molar-refractivity contribution in [3.05, 3.63) is 52.9 Å². The summed E-state index contributed by atoms with van der Waals surface area (Å²) in [5.74, 6) is -0.0262. The van der Waals surface area contributed by atoms with Crippen molar-refractivity contribution in [2.24, 2.45) is 0 Å². The summed E-state index contributed by atoms with van der Waals surface area (Å²) in [5.41, 5.74) is 0.887. The lowest BCUT2D eigenvalue weighted by Gasteiger charge is -2.19. The molecule has 2 aromatic carbocycles. The van der Waals surface area contributed by atoms with Crippen LogP contribution in [0, 0.1) is 5.82 Å². The lowest BCUT2D eigenvalue weighted by molar-refractivity contribution is -0.117. The second kappa shape index (κ2) is 10.0. The van der Waals surface area contributed by atoms with E-state index in [1.165, 1.54) is 32.6 Å². The van der Waals surface area contributed by atoms with E-state index in [4.69, 9.17) is 37.4 Å². The van der Waals surface area contributed by atoms with Crippen LogP contribution in [0.25, 0.3) is 22.0 Å². The zero-order valence-electron chi connectivity index (χ0n) is 18.3. The molecule has 2 atom stereocenters. The number of benzene rings is 2. The van der Waals surface area contributed by atoms with Gasteiger partial charge in [-0.2, -0.15) is 0 Å². The summed E-state index contributed by atoms with van der Waals surface area (Å²) in [6, 6.07) is 3.94. The van der Waals surface area contributed by atoms with Gasteiger partial charge >= 0.3 is 0 Å². The minimum absolute atomic E-state index is 0.106. The number of fused-ring (bicyclic) bond motifs is 1. The molecule has 0 aliphatic carbocycles. The van der Waals surface area contributed by atoms with Gasteiger partial charge in [0.1, 0.15) is 22.8 Å². The van der Waals surface area contributed by atoms with Gasteiger partial charge in [0.2, 0.25) is 11.9 Å². The second-order valence-electron chi connectivity index (χ2n) is 7.48. The molecule has 1 aliphatic heterocycles. The zero-order chi connectivity index (χ0) is 24.4. The van der Waals surface area contributed by atoms with Gasteiger partial charge in [0.25, 0.3) is 0 Å². The van der Waals surface area contributed by atoms with Crippen LogP contribution in [0.1, 0.15) is 0 Å². The Morgan fingerprint density at radius 1 is 1.18 bits per heavy atom. The minimum atomic E-state index is -0.592. The van der Waals surface area contributed by atoms with Crippen LogP contribution < -0.4 is 20.1 Å². The van der Waals surface area contributed by atoms with E-state index < -0.39 is 5.82 Å². The SMILES string of the molecule is C=CC(=O)NC1COCC1Nc1ncc2cc(-c3c(Cl)c(OC)cc(OC)c3Cl)cc(F)c2n1. The van der Waals surface area contributed by atoms with Gasteiger partial charge in [0.15, 0.2) is 0 Å². The van der Waals surface area contributed by atoms with E-state index in [-0.39, 0.29) is 39.5 Å². The summed E-state index contributed by atoms with van der Waals surface area (Å²) in [6.07, 6.45) is 2.68. The van der Waals surface area contributed by atoms with Gasteiger partial charge in [-0.25, -0.2) is 14.4 Å². The summed E-state index contributed by atoms with van der Waals surface area (Å²) in [5, 5.41) is 6.76. The Hall–Kier alpha value is -3.14. The van der Waals surface area contributed by atoms with Gasteiger partial charge in [-0.3, -0.25) is 4.79 Å². The topological polar surface area (TPSA) is 94.6 Å². The van der Waals surface area contributed by atoms with E-state index in [2.05, 4.69) is 27.2 Å². The standard InChI is InChI=1S/C23H21Cl2FN4O4/c1-4-18(31)28-14-9-34-10-15(14)29-23-27-8-12-5-11(6-13(26)22(12)30-23)19-20(24)16(32-2)7-17(33-3)21(19)25/h4-8,14-15H,1,9-10H2,2-3H3,(H,28,31)(H,27,29,30). The van der Waals surface area contributed by atoms with Crippen LogP contribution in [0.4, 0.5) is 10.3 Å². The number of hydrogen-bond donors (Lipinski definition) is 2. The van der Waals surface area contributed by atoms with E-state index in [1.54, 1.807) is 12.1 Å². The monoisotopic (exact) mass is 506 g/mol. The molecule has 11 heteroatoms. The smallest absolute Gasteiger partial charge is 0.243 e. The van der Waals surface area contributed by atoms with E-state index in [0.717, 1.165) is 0 Å². The first kappa shape index (κ1) is 24.0. The van der Waals surface area contributed by atoms with Crippen LogP contribution in [-0.4, -0.2) is 55.4 Å². The van der Waals surface area contributed by atoms with Crippen LogP contribution >= 0.6 is 23.2 Å². The number of nitrogens with zero attached hydrogens (tertiary/aromatic N) is 2. The lowest BCUT2D eigenvalue weighted by atomic mass is 10.0. The number of carbonyl (C=O) groups excluding carboxylic acids is 1. The molecule has 2 N–H and O–H groups in total. The number of nitrogens with one attached hydrogen (secondary N) is 2. The molecule has 0 saturated carbocycles. The molecule has 34 heavy (non-hydrogen) atoms. The van der Waals surface area contributed by atoms with Gasteiger partial charge in [-0.15, -0.1) is 0 Å². The highest BCUT2D eigenvalue weighted by Gasteiger charge is 2.30. The van der Waals surface area contributed by atoms with Crippen molar-refractivity contribution >= 4 is 46.0 Å². The maximum Gasteiger partial charge on any atom is 0.243 e. The third-order valence-corrected chi connectivity index (χ3v) is 6.16. The highest BCUT2D eigenvalue weighted by molar-refractivity contribution is 6.41. The number of aromatic nitrogens is 2. The van der Waals surface area contributed by atoms with Crippen molar-refractivity contribution in [1.29, 1.82) is 0 Å². The lowest BCUT2D eigenvalue weighted by Crippen LogP contribution is -2.45. The van der Waals surface area contributed by atoms with E-state index in [1.807, 2.05) is 0 Å². The normalized spacial score (nSPS) is 17.4. The van der Waals surface area contributed by atoms with Gasteiger partial charge in [0, 0.05) is 23.2 Å². The zero-order valence-corrected chi connectivity index (χ0v) is 19.8. The maximum absolute atomic E-state index is 15.2. The van der Waals surface area contributed by atoms with E-state index in [0.29, 0.717) is 41.2 Å². The number of hydrogen-bond acceptors (Lipinski definition) is 7. The molecule has 4 rings (SSSR count). The van der Waals surface area contributed by atoms with Crippen LogP contribution in [0.5, 0.6) is 11.5 Å². The molecule has 3 aromatic rings. The third-order valence-electron chi connectivity index (χ3n) is 5.41. The van der Waals surface area contributed by atoms with Gasteiger partial charge in [0.05, 0.1) is 49.6 Å². The number of carbonyl (C=O) groups is 1. The minimum Gasteiger partial charge on any atom is -0.495 e. The average molecular weight is 507 g/mol. The summed E-state index contributed by atoms with van der Waals surface area (Å²) in [4.78, 5) is 20.3.